The zero-order chi connectivity index (χ0) is 15.7. The highest BCUT2D eigenvalue weighted by atomic mass is 35.5. The van der Waals surface area contributed by atoms with E-state index in [1.54, 1.807) is 13.8 Å². The predicted molar refractivity (Wildman–Crippen MR) is 79.1 cm³/mol. The summed E-state index contributed by atoms with van der Waals surface area (Å²) in [6.45, 7) is 2.79. The van der Waals surface area contributed by atoms with E-state index in [0.29, 0.717) is 0 Å². The molecule has 0 radical (unpaired) electrons. The molecule has 0 spiro atoms. The Hall–Kier alpha value is -1.02. The Morgan fingerprint density at radius 1 is 1.35 bits per heavy atom. The average Bonchev–Trinajstić information content (AvgIpc) is 2.32. The fraction of sp³-hybridized carbons (Fsp3) is 0.364. The Morgan fingerprint density at radius 3 is 2.35 bits per heavy atom. The number of amides is 1. The summed E-state index contributed by atoms with van der Waals surface area (Å²) >= 11 is 11.7. The predicted octanol–water partition coefficient (Wildman–Crippen LogP) is 1.46. The molecule has 112 valence electrons. The van der Waals surface area contributed by atoms with Crippen LogP contribution < -0.4 is 11.5 Å². The number of carbonyl (C=O) groups excluding carboxylic acids is 1. The fourth-order valence-electron chi connectivity index (χ4n) is 1.57. The monoisotopic (exact) mass is 339 g/mol. The van der Waals surface area contributed by atoms with Crippen LogP contribution in [0.4, 0.5) is 5.69 Å². The van der Waals surface area contributed by atoms with Gasteiger partial charge < -0.3 is 11.5 Å². The highest BCUT2D eigenvalue weighted by molar-refractivity contribution is 7.89. The van der Waals surface area contributed by atoms with E-state index in [9.17, 15) is 13.2 Å². The summed E-state index contributed by atoms with van der Waals surface area (Å²) < 4.78 is 26.0. The van der Waals surface area contributed by atoms with Crippen LogP contribution in [-0.4, -0.2) is 31.2 Å². The SMILES string of the molecule is CC(C)N(CC(N)=O)S(=O)(=O)c1ccc(Cl)c(N)c1Cl. The van der Waals surface area contributed by atoms with E-state index in [1.165, 1.54) is 12.1 Å². The normalized spacial score (nSPS) is 12.1. The van der Waals surface area contributed by atoms with Crippen molar-refractivity contribution in [1.29, 1.82) is 0 Å². The number of nitrogens with two attached hydrogens (primary N) is 2. The molecule has 9 heteroatoms. The van der Waals surface area contributed by atoms with Crippen molar-refractivity contribution in [1.82, 2.24) is 4.31 Å². The number of primary amides is 1. The van der Waals surface area contributed by atoms with Gasteiger partial charge in [0, 0.05) is 6.04 Å². The standard InChI is InChI=1S/C11H15Cl2N3O3S/c1-6(2)16(5-9(14)17)20(18,19)8-4-3-7(12)11(15)10(8)13/h3-4,6H,5,15H2,1-2H3,(H2,14,17). The summed E-state index contributed by atoms with van der Waals surface area (Å²) in [4.78, 5) is 10.8. The van der Waals surface area contributed by atoms with Gasteiger partial charge in [-0.1, -0.05) is 23.2 Å². The maximum Gasteiger partial charge on any atom is 0.245 e. The van der Waals surface area contributed by atoms with Crippen LogP contribution in [-0.2, 0) is 14.8 Å². The molecule has 4 N–H and O–H groups in total. The van der Waals surface area contributed by atoms with Gasteiger partial charge in [0.1, 0.15) is 4.90 Å². The largest absolute Gasteiger partial charge is 0.396 e. The first kappa shape index (κ1) is 17.0. The van der Waals surface area contributed by atoms with Crippen LogP contribution in [0.5, 0.6) is 0 Å². The van der Waals surface area contributed by atoms with E-state index in [0.717, 1.165) is 4.31 Å². The smallest absolute Gasteiger partial charge is 0.245 e. The van der Waals surface area contributed by atoms with Crippen molar-refractivity contribution in [3.8, 4) is 0 Å². The molecule has 0 heterocycles. The van der Waals surface area contributed by atoms with Gasteiger partial charge in [0.15, 0.2) is 0 Å². The van der Waals surface area contributed by atoms with Crippen molar-refractivity contribution < 1.29 is 13.2 Å². The van der Waals surface area contributed by atoms with Gasteiger partial charge in [-0.3, -0.25) is 4.79 Å². The number of anilines is 1. The first-order chi connectivity index (χ1) is 9.09. The minimum absolute atomic E-state index is 0.0304. The summed E-state index contributed by atoms with van der Waals surface area (Å²) in [5, 5.41) is -0.0208. The van der Waals surface area contributed by atoms with Crippen molar-refractivity contribution in [3.63, 3.8) is 0 Å². The molecular formula is C11H15Cl2N3O3S. The van der Waals surface area contributed by atoms with Crippen LogP contribution in [0, 0.1) is 0 Å². The van der Waals surface area contributed by atoms with Crippen molar-refractivity contribution in [2.75, 3.05) is 12.3 Å². The molecule has 1 aromatic carbocycles. The fourth-order valence-corrected chi connectivity index (χ4v) is 3.92. The topological polar surface area (TPSA) is 106 Å². The number of hydrogen-bond acceptors (Lipinski definition) is 4. The Bertz CT molecular complexity index is 632. The third kappa shape index (κ3) is 3.35. The van der Waals surface area contributed by atoms with Crippen LogP contribution in [0.1, 0.15) is 13.8 Å². The van der Waals surface area contributed by atoms with Gasteiger partial charge in [0.2, 0.25) is 15.9 Å². The molecule has 0 atom stereocenters. The van der Waals surface area contributed by atoms with Crippen LogP contribution in [0.3, 0.4) is 0 Å². The molecule has 0 aromatic heterocycles. The summed E-state index contributed by atoms with van der Waals surface area (Å²) in [6.07, 6.45) is 0. The molecule has 0 fully saturated rings. The van der Waals surface area contributed by atoms with Gasteiger partial charge in [-0.15, -0.1) is 0 Å². The third-order valence-electron chi connectivity index (χ3n) is 2.57. The lowest BCUT2D eigenvalue weighted by molar-refractivity contribution is -0.118. The lowest BCUT2D eigenvalue weighted by Gasteiger charge is -2.25. The first-order valence-corrected chi connectivity index (χ1v) is 7.82. The van der Waals surface area contributed by atoms with E-state index in [1.807, 2.05) is 0 Å². The number of hydrogen-bond donors (Lipinski definition) is 2. The molecule has 1 aromatic rings. The van der Waals surface area contributed by atoms with Crippen molar-refractivity contribution in [2.45, 2.75) is 24.8 Å². The van der Waals surface area contributed by atoms with Crippen LogP contribution in [0.25, 0.3) is 0 Å². The van der Waals surface area contributed by atoms with Crippen LogP contribution in [0.2, 0.25) is 10.0 Å². The average molecular weight is 340 g/mol. The summed E-state index contributed by atoms with van der Waals surface area (Å²) in [6, 6.07) is 2.10. The van der Waals surface area contributed by atoms with Gasteiger partial charge >= 0.3 is 0 Å². The second kappa shape index (κ2) is 6.17. The molecule has 0 unspecified atom stereocenters. The lowest BCUT2D eigenvalue weighted by Crippen LogP contribution is -2.42. The number of rotatable bonds is 5. The van der Waals surface area contributed by atoms with Crippen molar-refractivity contribution >= 4 is 44.8 Å². The minimum atomic E-state index is -4.00. The molecule has 0 bridgehead atoms. The first-order valence-electron chi connectivity index (χ1n) is 5.62. The number of sulfonamides is 1. The maximum atomic E-state index is 12.5. The lowest BCUT2D eigenvalue weighted by atomic mass is 10.3. The van der Waals surface area contributed by atoms with E-state index in [-0.39, 0.29) is 20.6 Å². The summed E-state index contributed by atoms with van der Waals surface area (Å²) in [5.41, 5.74) is 10.7. The number of carbonyl (C=O) groups is 1. The molecule has 0 saturated heterocycles. The van der Waals surface area contributed by atoms with E-state index in [2.05, 4.69) is 0 Å². The van der Waals surface area contributed by atoms with Gasteiger partial charge in [-0.2, -0.15) is 4.31 Å². The minimum Gasteiger partial charge on any atom is -0.396 e. The number of benzene rings is 1. The van der Waals surface area contributed by atoms with E-state index < -0.39 is 28.5 Å². The van der Waals surface area contributed by atoms with E-state index >= 15 is 0 Å². The maximum absolute atomic E-state index is 12.5. The van der Waals surface area contributed by atoms with Gasteiger partial charge in [0.25, 0.3) is 0 Å². The third-order valence-corrected chi connectivity index (χ3v) is 5.48. The number of nitrogen functional groups attached to an aromatic ring is 1. The molecule has 0 aliphatic rings. The van der Waals surface area contributed by atoms with E-state index in [4.69, 9.17) is 34.7 Å². The van der Waals surface area contributed by atoms with Crippen molar-refractivity contribution in [3.05, 3.63) is 22.2 Å². The Morgan fingerprint density at radius 2 is 1.90 bits per heavy atom. The van der Waals surface area contributed by atoms with Crippen molar-refractivity contribution in [2.24, 2.45) is 5.73 Å². The molecular weight excluding hydrogens is 325 g/mol. The number of halogens is 2. The van der Waals surface area contributed by atoms with Crippen LogP contribution >= 0.6 is 23.2 Å². The zero-order valence-corrected chi connectivity index (χ0v) is 13.3. The molecule has 0 aliphatic carbocycles. The molecule has 1 amide bonds. The number of nitrogens with zero attached hydrogens (tertiary/aromatic N) is 1. The second-order valence-electron chi connectivity index (χ2n) is 4.38. The van der Waals surface area contributed by atoms with Gasteiger partial charge in [0.05, 0.1) is 22.3 Å². The van der Waals surface area contributed by atoms with Gasteiger partial charge in [-0.25, -0.2) is 8.42 Å². The van der Waals surface area contributed by atoms with Crippen LogP contribution in [0.15, 0.2) is 17.0 Å². The Labute approximate surface area is 127 Å². The summed E-state index contributed by atoms with van der Waals surface area (Å²) in [5.74, 6) is -0.764. The van der Waals surface area contributed by atoms with Gasteiger partial charge in [-0.05, 0) is 26.0 Å². The Kier molecular flexibility index (Phi) is 5.26. The quantitative estimate of drug-likeness (QED) is 0.791. The summed E-state index contributed by atoms with van der Waals surface area (Å²) in [7, 11) is -4.00. The second-order valence-corrected chi connectivity index (χ2v) is 7.03. The highest BCUT2D eigenvalue weighted by Gasteiger charge is 2.31. The molecule has 0 aliphatic heterocycles. The molecule has 1 rings (SSSR count). The molecule has 20 heavy (non-hydrogen) atoms. The molecule has 0 saturated carbocycles. The highest BCUT2D eigenvalue weighted by Crippen LogP contribution is 2.34. The Balaban J connectivity index is 3.41. The molecule has 6 nitrogen and oxygen atoms in total. The zero-order valence-electron chi connectivity index (χ0n) is 10.9.